The van der Waals surface area contributed by atoms with Crippen molar-refractivity contribution in [3.8, 4) is 5.75 Å². The Morgan fingerprint density at radius 2 is 2.06 bits per heavy atom. The molecule has 1 aromatic carbocycles. The van der Waals surface area contributed by atoms with Crippen LogP contribution in [-0.4, -0.2) is 18.1 Å². The average molecular weight is 236 g/mol. The number of carbonyl (C=O) groups is 1. The first kappa shape index (κ1) is 13.4. The molecular weight excluding hydrogens is 216 g/mol. The molecule has 0 saturated heterocycles. The Morgan fingerprint density at radius 1 is 1.41 bits per heavy atom. The fraction of sp³-hybridized carbons (Fsp3) is 0.462. The second-order valence-electron chi connectivity index (χ2n) is 4.89. The van der Waals surface area contributed by atoms with Crippen molar-refractivity contribution < 1.29 is 9.53 Å². The van der Waals surface area contributed by atoms with E-state index in [9.17, 15) is 4.79 Å². The zero-order valence-corrected chi connectivity index (χ0v) is 10.8. The molecule has 1 rings (SSSR count). The second kappa shape index (κ2) is 5.08. The van der Waals surface area contributed by atoms with E-state index in [1.54, 1.807) is 18.2 Å². The summed E-state index contributed by atoms with van der Waals surface area (Å²) in [4.78, 5) is 11.9. The Bertz CT molecular complexity index is 408. The molecule has 4 heteroatoms. The maximum atomic E-state index is 11.9. The van der Waals surface area contributed by atoms with Gasteiger partial charge in [0, 0.05) is 11.1 Å². The smallest absolute Gasteiger partial charge is 0.251 e. The number of nitrogens with one attached hydrogen (secondary N) is 1. The third kappa shape index (κ3) is 3.98. The number of nitrogens with two attached hydrogens (primary N) is 1. The highest BCUT2D eigenvalue weighted by molar-refractivity contribution is 5.95. The number of benzene rings is 1. The fourth-order valence-electron chi connectivity index (χ4n) is 1.37. The van der Waals surface area contributed by atoms with Crippen LogP contribution in [-0.2, 0) is 0 Å². The van der Waals surface area contributed by atoms with Crippen LogP contribution in [0.2, 0.25) is 0 Å². The third-order valence-corrected chi connectivity index (χ3v) is 2.06. The SMILES string of the molecule is CCOc1cc(C(=O)NC(C)(C)C)ccc1N. The van der Waals surface area contributed by atoms with E-state index in [1.165, 1.54) is 0 Å². The van der Waals surface area contributed by atoms with Gasteiger partial charge in [-0.3, -0.25) is 4.79 Å². The predicted octanol–water partition coefficient (Wildman–Crippen LogP) is 2.20. The summed E-state index contributed by atoms with van der Waals surface area (Å²) in [5.74, 6) is 0.424. The van der Waals surface area contributed by atoms with Crippen LogP contribution in [0.15, 0.2) is 18.2 Å². The van der Waals surface area contributed by atoms with Gasteiger partial charge in [0.25, 0.3) is 5.91 Å². The first-order chi connectivity index (χ1) is 7.83. The lowest BCUT2D eigenvalue weighted by Gasteiger charge is -2.20. The van der Waals surface area contributed by atoms with Gasteiger partial charge in [0.1, 0.15) is 5.75 Å². The van der Waals surface area contributed by atoms with Crippen LogP contribution in [0, 0.1) is 0 Å². The van der Waals surface area contributed by atoms with Crippen molar-refractivity contribution in [1.29, 1.82) is 0 Å². The first-order valence-electron chi connectivity index (χ1n) is 5.68. The Kier molecular flexibility index (Phi) is 3.99. The molecule has 0 aliphatic carbocycles. The molecule has 0 fully saturated rings. The summed E-state index contributed by atoms with van der Waals surface area (Å²) >= 11 is 0. The molecule has 1 amide bonds. The van der Waals surface area contributed by atoms with Gasteiger partial charge in [-0.15, -0.1) is 0 Å². The van der Waals surface area contributed by atoms with E-state index in [2.05, 4.69) is 5.32 Å². The molecule has 0 aromatic heterocycles. The van der Waals surface area contributed by atoms with Gasteiger partial charge < -0.3 is 15.8 Å². The average Bonchev–Trinajstić information content (AvgIpc) is 2.19. The highest BCUT2D eigenvalue weighted by Crippen LogP contribution is 2.22. The van der Waals surface area contributed by atoms with E-state index in [0.717, 1.165) is 0 Å². The van der Waals surface area contributed by atoms with E-state index in [4.69, 9.17) is 10.5 Å². The quantitative estimate of drug-likeness (QED) is 0.791. The van der Waals surface area contributed by atoms with Crippen molar-refractivity contribution in [1.82, 2.24) is 5.32 Å². The molecule has 0 unspecified atom stereocenters. The molecule has 0 radical (unpaired) electrons. The van der Waals surface area contributed by atoms with Crippen LogP contribution in [0.3, 0.4) is 0 Å². The zero-order chi connectivity index (χ0) is 13.1. The fourth-order valence-corrected chi connectivity index (χ4v) is 1.37. The minimum absolute atomic E-state index is 0.126. The highest BCUT2D eigenvalue weighted by atomic mass is 16.5. The van der Waals surface area contributed by atoms with Crippen molar-refractivity contribution in [2.75, 3.05) is 12.3 Å². The number of hydrogen-bond acceptors (Lipinski definition) is 3. The van der Waals surface area contributed by atoms with Gasteiger partial charge in [-0.25, -0.2) is 0 Å². The summed E-state index contributed by atoms with van der Waals surface area (Å²) in [7, 11) is 0. The van der Waals surface area contributed by atoms with Gasteiger partial charge in [-0.2, -0.15) is 0 Å². The topological polar surface area (TPSA) is 64.3 Å². The summed E-state index contributed by atoms with van der Waals surface area (Å²) in [5.41, 5.74) is 6.58. The number of rotatable bonds is 3. The molecule has 0 heterocycles. The lowest BCUT2D eigenvalue weighted by molar-refractivity contribution is 0.0919. The molecule has 0 aliphatic rings. The van der Waals surface area contributed by atoms with Crippen LogP contribution in [0.5, 0.6) is 5.75 Å². The summed E-state index contributed by atoms with van der Waals surface area (Å²) in [6.07, 6.45) is 0. The van der Waals surface area contributed by atoms with E-state index >= 15 is 0 Å². The third-order valence-electron chi connectivity index (χ3n) is 2.06. The van der Waals surface area contributed by atoms with Gasteiger partial charge in [0.05, 0.1) is 12.3 Å². The monoisotopic (exact) mass is 236 g/mol. The van der Waals surface area contributed by atoms with Crippen LogP contribution in [0.25, 0.3) is 0 Å². The number of nitrogen functional groups attached to an aromatic ring is 1. The zero-order valence-electron chi connectivity index (χ0n) is 10.8. The lowest BCUT2D eigenvalue weighted by atomic mass is 10.1. The molecule has 4 nitrogen and oxygen atoms in total. The number of amides is 1. The molecule has 0 aliphatic heterocycles. The van der Waals surface area contributed by atoms with E-state index < -0.39 is 0 Å². The van der Waals surface area contributed by atoms with Crippen molar-refractivity contribution >= 4 is 11.6 Å². The van der Waals surface area contributed by atoms with Crippen molar-refractivity contribution in [2.45, 2.75) is 33.2 Å². The number of ether oxygens (including phenoxy) is 1. The summed E-state index contributed by atoms with van der Waals surface area (Å²) < 4.78 is 5.35. The summed E-state index contributed by atoms with van der Waals surface area (Å²) in [6.45, 7) is 8.21. The maximum Gasteiger partial charge on any atom is 0.251 e. The normalized spacial score (nSPS) is 11.1. The Labute approximate surface area is 102 Å². The van der Waals surface area contributed by atoms with Gasteiger partial charge >= 0.3 is 0 Å². The van der Waals surface area contributed by atoms with Gasteiger partial charge in [-0.05, 0) is 45.9 Å². The molecule has 1 aromatic rings. The molecule has 3 N–H and O–H groups in total. The molecule has 17 heavy (non-hydrogen) atoms. The Hall–Kier alpha value is -1.71. The lowest BCUT2D eigenvalue weighted by Crippen LogP contribution is -2.40. The Morgan fingerprint density at radius 3 is 2.59 bits per heavy atom. The molecule has 0 atom stereocenters. The van der Waals surface area contributed by atoms with Crippen LogP contribution in [0.4, 0.5) is 5.69 Å². The molecular formula is C13H20N2O2. The Balaban J connectivity index is 2.91. The molecule has 0 saturated carbocycles. The first-order valence-corrected chi connectivity index (χ1v) is 5.68. The minimum Gasteiger partial charge on any atom is -0.492 e. The largest absolute Gasteiger partial charge is 0.492 e. The number of hydrogen-bond donors (Lipinski definition) is 2. The summed E-state index contributed by atoms with van der Waals surface area (Å²) in [6, 6.07) is 5.04. The van der Waals surface area contributed by atoms with Crippen molar-refractivity contribution in [3.63, 3.8) is 0 Å². The number of anilines is 1. The van der Waals surface area contributed by atoms with E-state index in [1.807, 2.05) is 27.7 Å². The van der Waals surface area contributed by atoms with Gasteiger partial charge in [0.2, 0.25) is 0 Å². The summed E-state index contributed by atoms with van der Waals surface area (Å²) in [5, 5.41) is 2.89. The molecule has 94 valence electrons. The van der Waals surface area contributed by atoms with Crippen LogP contribution in [0.1, 0.15) is 38.1 Å². The van der Waals surface area contributed by atoms with Gasteiger partial charge in [-0.1, -0.05) is 0 Å². The molecule has 0 bridgehead atoms. The maximum absolute atomic E-state index is 11.9. The predicted molar refractivity (Wildman–Crippen MR) is 69.2 cm³/mol. The van der Waals surface area contributed by atoms with Crippen LogP contribution < -0.4 is 15.8 Å². The van der Waals surface area contributed by atoms with Crippen molar-refractivity contribution in [3.05, 3.63) is 23.8 Å². The minimum atomic E-state index is -0.260. The van der Waals surface area contributed by atoms with Crippen LogP contribution >= 0.6 is 0 Å². The number of carbonyl (C=O) groups excluding carboxylic acids is 1. The molecule has 0 spiro atoms. The van der Waals surface area contributed by atoms with E-state index in [0.29, 0.717) is 23.6 Å². The second-order valence-corrected chi connectivity index (χ2v) is 4.89. The highest BCUT2D eigenvalue weighted by Gasteiger charge is 2.16. The van der Waals surface area contributed by atoms with Gasteiger partial charge in [0.15, 0.2) is 0 Å². The van der Waals surface area contributed by atoms with E-state index in [-0.39, 0.29) is 11.4 Å². The standard InChI is InChI=1S/C13H20N2O2/c1-5-17-11-8-9(6-7-10(11)14)12(16)15-13(2,3)4/h6-8H,5,14H2,1-4H3,(H,15,16). The van der Waals surface area contributed by atoms with Crippen molar-refractivity contribution in [2.24, 2.45) is 0 Å².